The van der Waals surface area contributed by atoms with E-state index in [1.807, 2.05) is 13.2 Å². The van der Waals surface area contributed by atoms with Crippen LogP contribution in [0.15, 0.2) is 24.3 Å². The van der Waals surface area contributed by atoms with Crippen LogP contribution in [0.1, 0.15) is 31.2 Å². The first-order valence-electron chi connectivity index (χ1n) is 8.75. The van der Waals surface area contributed by atoms with Gasteiger partial charge in [0.2, 0.25) is 0 Å². The zero-order chi connectivity index (χ0) is 16.3. The second kappa shape index (κ2) is 7.20. The van der Waals surface area contributed by atoms with Crippen molar-refractivity contribution in [2.75, 3.05) is 41.0 Å². The zero-order valence-corrected chi connectivity index (χ0v) is 14.8. The lowest BCUT2D eigenvalue weighted by Gasteiger charge is -2.45. The Labute approximate surface area is 140 Å². The molecule has 2 heterocycles. The van der Waals surface area contributed by atoms with Gasteiger partial charge in [0.15, 0.2) is 0 Å². The zero-order valence-electron chi connectivity index (χ0n) is 14.8. The minimum absolute atomic E-state index is 0.403. The summed E-state index contributed by atoms with van der Waals surface area (Å²) >= 11 is 0. The molecule has 2 fully saturated rings. The molecule has 0 radical (unpaired) electrons. The summed E-state index contributed by atoms with van der Waals surface area (Å²) in [6.45, 7) is 4.19. The van der Waals surface area contributed by atoms with Crippen molar-refractivity contribution in [1.29, 1.82) is 0 Å². The lowest BCUT2D eigenvalue weighted by atomic mass is 9.85. The van der Waals surface area contributed by atoms with Gasteiger partial charge in [-0.3, -0.25) is 9.80 Å². The quantitative estimate of drug-likeness (QED) is 0.833. The average molecular weight is 318 g/mol. The minimum atomic E-state index is 0.403. The van der Waals surface area contributed by atoms with Crippen LogP contribution in [-0.4, -0.2) is 62.3 Å². The Morgan fingerprint density at radius 1 is 1.13 bits per heavy atom. The molecular weight excluding hydrogens is 288 g/mol. The highest BCUT2D eigenvalue weighted by Crippen LogP contribution is 2.40. The van der Waals surface area contributed by atoms with Crippen LogP contribution in [0.4, 0.5) is 0 Å². The highest BCUT2D eigenvalue weighted by Gasteiger charge is 2.45. The fraction of sp³-hybridized carbons (Fsp3) is 0.684. The predicted molar refractivity (Wildman–Crippen MR) is 92.9 cm³/mol. The molecule has 0 amide bonds. The fourth-order valence-electron chi connectivity index (χ4n) is 4.38. The molecule has 0 aromatic heterocycles. The summed E-state index contributed by atoms with van der Waals surface area (Å²) < 4.78 is 10.9. The summed E-state index contributed by atoms with van der Waals surface area (Å²) in [6.07, 6.45) is 5.12. The molecule has 1 atom stereocenters. The summed E-state index contributed by atoms with van der Waals surface area (Å²) in [6, 6.07) is 8.97. The summed E-state index contributed by atoms with van der Waals surface area (Å²) in [4.78, 5) is 5.18. The normalized spacial score (nSPS) is 25.1. The first kappa shape index (κ1) is 16.7. The van der Waals surface area contributed by atoms with Gasteiger partial charge in [-0.2, -0.15) is 0 Å². The summed E-state index contributed by atoms with van der Waals surface area (Å²) in [5.74, 6) is 1.01. The van der Waals surface area contributed by atoms with Crippen molar-refractivity contribution in [3.05, 3.63) is 29.8 Å². The molecule has 1 aromatic carbocycles. The third-order valence-electron chi connectivity index (χ3n) is 5.97. The molecule has 23 heavy (non-hydrogen) atoms. The Morgan fingerprint density at radius 2 is 1.87 bits per heavy atom. The number of piperidine rings is 1. The number of rotatable bonds is 5. The Hall–Kier alpha value is -1.10. The van der Waals surface area contributed by atoms with Crippen molar-refractivity contribution in [2.24, 2.45) is 0 Å². The highest BCUT2D eigenvalue weighted by atomic mass is 16.5. The maximum Gasteiger partial charge on any atom is 0.123 e. The van der Waals surface area contributed by atoms with Crippen molar-refractivity contribution in [3.63, 3.8) is 0 Å². The fourth-order valence-corrected chi connectivity index (χ4v) is 4.38. The van der Waals surface area contributed by atoms with Crippen LogP contribution >= 0.6 is 0 Å². The monoisotopic (exact) mass is 318 g/mol. The van der Waals surface area contributed by atoms with Gasteiger partial charge in [-0.1, -0.05) is 18.2 Å². The van der Waals surface area contributed by atoms with Crippen LogP contribution in [0.3, 0.4) is 0 Å². The van der Waals surface area contributed by atoms with Gasteiger partial charge in [0.05, 0.1) is 13.7 Å². The van der Waals surface area contributed by atoms with Crippen molar-refractivity contribution < 1.29 is 9.47 Å². The summed E-state index contributed by atoms with van der Waals surface area (Å²) in [5.41, 5.74) is 1.70. The van der Waals surface area contributed by atoms with E-state index in [-0.39, 0.29) is 0 Å². The molecule has 4 heteroatoms. The number of likely N-dealkylation sites (N-methyl/N-ethyl adjacent to an activating group) is 1. The maximum atomic E-state index is 5.49. The maximum absolute atomic E-state index is 5.49. The van der Waals surface area contributed by atoms with Gasteiger partial charge >= 0.3 is 0 Å². The van der Waals surface area contributed by atoms with Gasteiger partial charge in [0.25, 0.3) is 0 Å². The van der Waals surface area contributed by atoms with Crippen molar-refractivity contribution in [1.82, 2.24) is 9.80 Å². The molecule has 0 aliphatic carbocycles. The van der Waals surface area contributed by atoms with Crippen LogP contribution in [0.5, 0.6) is 5.75 Å². The third kappa shape index (κ3) is 3.39. The number of benzene rings is 1. The van der Waals surface area contributed by atoms with E-state index in [0.717, 1.165) is 18.9 Å². The van der Waals surface area contributed by atoms with E-state index >= 15 is 0 Å². The van der Waals surface area contributed by atoms with Crippen molar-refractivity contribution in [3.8, 4) is 5.75 Å². The number of para-hydroxylation sites is 1. The highest BCUT2D eigenvalue weighted by molar-refractivity contribution is 5.33. The van der Waals surface area contributed by atoms with Gasteiger partial charge < -0.3 is 9.47 Å². The number of likely N-dealkylation sites (tertiary alicyclic amines) is 2. The number of hydrogen-bond donors (Lipinski definition) is 0. The molecule has 1 aromatic rings. The molecular formula is C19H30N2O2. The number of methoxy groups -OCH3 is 2. The lowest BCUT2D eigenvalue weighted by molar-refractivity contribution is 0.0280. The Morgan fingerprint density at radius 3 is 2.57 bits per heavy atom. The molecule has 0 N–H and O–H groups in total. The van der Waals surface area contributed by atoms with Crippen LogP contribution in [-0.2, 0) is 11.3 Å². The van der Waals surface area contributed by atoms with Gasteiger partial charge in [0, 0.05) is 43.9 Å². The smallest absolute Gasteiger partial charge is 0.123 e. The predicted octanol–water partition coefficient (Wildman–Crippen LogP) is 2.77. The summed E-state index contributed by atoms with van der Waals surface area (Å²) in [5, 5.41) is 0. The van der Waals surface area contributed by atoms with Crippen LogP contribution in [0, 0.1) is 0 Å². The lowest BCUT2D eigenvalue weighted by Crippen LogP contribution is -2.52. The Balaban J connectivity index is 1.58. The molecule has 0 bridgehead atoms. The van der Waals surface area contributed by atoms with E-state index in [1.165, 1.54) is 44.3 Å². The van der Waals surface area contributed by atoms with E-state index in [1.54, 1.807) is 7.11 Å². The molecule has 0 saturated carbocycles. The Bertz CT molecular complexity index is 512. The van der Waals surface area contributed by atoms with Crippen molar-refractivity contribution >= 4 is 0 Å². The van der Waals surface area contributed by atoms with Gasteiger partial charge in [0.1, 0.15) is 5.75 Å². The SMILES string of the molecule is COCC1CCC2(CCN(Cc3ccccc3OC)CC2)N1C. The first-order chi connectivity index (χ1) is 11.2. The molecule has 2 aliphatic heterocycles. The van der Waals surface area contributed by atoms with E-state index in [2.05, 4.69) is 35.0 Å². The molecule has 2 aliphatic rings. The molecule has 1 unspecified atom stereocenters. The molecule has 3 rings (SSSR count). The third-order valence-corrected chi connectivity index (χ3v) is 5.97. The van der Waals surface area contributed by atoms with Gasteiger partial charge in [-0.05, 0) is 38.8 Å². The number of ether oxygens (including phenoxy) is 2. The molecule has 1 spiro atoms. The largest absolute Gasteiger partial charge is 0.496 e. The van der Waals surface area contributed by atoms with Crippen LogP contribution in [0.2, 0.25) is 0 Å². The number of hydrogen-bond acceptors (Lipinski definition) is 4. The molecule has 2 saturated heterocycles. The van der Waals surface area contributed by atoms with Crippen LogP contribution < -0.4 is 4.74 Å². The van der Waals surface area contributed by atoms with E-state index in [4.69, 9.17) is 9.47 Å². The van der Waals surface area contributed by atoms with Gasteiger partial charge in [-0.15, -0.1) is 0 Å². The summed E-state index contributed by atoms with van der Waals surface area (Å²) in [7, 11) is 5.87. The van der Waals surface area contributed by atoms with E-state index in [9.17, 15) is 0 Å². The topological polar surface area (TPSA) is 24.9 Å². The second-order valence-electron chi connectivity index (χ2n) is 7.07. The molecule has 128 valence electrons. The van der Waals surface area contributed by atoms with E-state index < -0.39 is 0 Å². The molecule has 4 nitrogen and oxygen atoms in total. The average Bonchev–Trinajstić information content (AvgIpc) is 2.88. The number of nitrogens with zero attached hydrogens (tertiary/aromatic N) is 2. The first-order valence-corrected chi connectivity index (χ1v) is 8.75. The van der Waals surface area contributed by atoms with E-state index in [0.29, 0.717) is 11.6 Å². The minimum Gasteiger partial charge on any atom is -0.496 e. The Kier molecular flexibility index (Phi) is 5.24. The van der Waals surface area contributed by atoms with Crippen LogP contribution in [0.25, 0.3) is 0 Å². The van der Waals surface area contributed by atoms with Crippen molar-refractivity contribution in [2.45, 2.75) is 43.8 Å². The van der Waals surface area contributed by atoms with Gasteiger partial charge in [-0.25, -0.2) is 0 Å². The second-order valence-corrected chi connectivity index (χ2v) is 7.07. The standard InChI is InChI=1S/C19H30N2O2/c1-20-17(15-22-2)8-9-19(20)10-12-21(13-11-19)14-16-6-4-5-7-18(16)23-3/h4-7,17H,8-15H2,1-3H3.